The Bertz CT molecular complexity index is 630. The SMILES string of the molecule is c1cc(-c2ccc3c(c2)CCC3)nc(C2CCCN2)n1. The molecule has 1 aliphatic carbocycles. The lowest BCUT2D eigenvalue weighted by Crippen LogP contribution is -2.15. The maximum atomic E-state index is 4.78. The van der Waals surface area contributed by atoms with Crippen molar-refractivity contribution in [3.05, 3.63) is 47.4 Å². The molecule has 0 spiro atoms. The van der Waals surface area contributed by atoms with Gasteiger partial charge in [0.1, 0.15) is 5.82 Å². The van der Waals surface area contributed by atoms with Crippen LogP contribution in [0.25, 0.3) is 11.3 Å². The predicted molar refractivity (Wildman–Crippen MR) is 79.5 cm³/mol. The fraction of sp³-hybridized carbons (Fsp3) is 0.412. The standard InChI is InChI=1S/C17H19N3/c1-3-12-6-7-14(11-13(12)4-1)15-8-10-19-17(20-15)16-5-2-9-18-16/h6-8,10-11,16,18H,1-5,9H2. The molecule has 20 heavy (non-hydrogen) atoms. The molecule has 2 aliphatic rings. The Balaban J connectivity index is 1.69. The first-order valence-electron chi connectivity index (χ1n) is 7.59. The van der Waals surface area contributed by atoms with E-state index in [0.29, 0.717) is 6.04 Å². The number of nitrogens with one attached hydrogen (secondary N) is 1. The Labute approximate surface area is 119 Å². The molecule has 1 aromatic heterocycles. The minimum Gasteiger partial charge on any atom is -0.307 e. The van der Waals surface area contributed by atoms with Crippen LogP contribution >= 0.6 is 0 Å². The van der Waals surface area contributed by atoms with Crippen molar-refractivity contribution in [2.45, 2.75) is 38.1 Å². The Morgan fingerprint density at radius 3 is 2.90 bits per heavy atom. The first-order chi connectivity index (χ1) is 9.90. The van der Waals surface area contributed by atoms with Crippen LogP contribution in [0.2, 0.25) is 0 Å². The molecule has 0 amide bonds. The van der Waals surface area contributed by atoms with Gasteiger partial charge in [-0.15, -0.1) is 0 Å². The molecule has 1 saturated heterocycles. The lowest BCUT2D eigenvalue weighted by molar-refractivity contribution is 0.605. The number of nitrogens with zero attached hydrogens (tertiary/aromatic N) is 2. The van der Waals surface area contributed by atoms with Crippen LogP contribution in [-0.2, 0) is 12.8 Å². The van der Waals surface area contributed by atoms with Crippen molar-refractivity contribution in [1.29, 1.82) is 0 Å². The van der Waals surface area contributed by atoms with Crippen molar-refractivity contribution in [2.24, 2.45) is 0 Å². The average Bonchev–Trinajstić information content (AvgIpc) is 3.18. The first-order valence-corrected chi connectivity index (χ1v) is 7.59. The fourth-order valence-electron chi connectivity index (χ4n) is 3.34. The Morgan fingerprint density at radius 2 is 2.00 bits per heavy atom. The maximum Gasteiger partial charge on any atom is 0.145 e. The molecule has 1 fully saturated rings. The molecular formula is C17H19N3. The highest BCUT2D eigenvalue weighted by Crippen LogP contribution is 2.28. The van der Waals surface area contributed by atoms with E-state index in [4.69, 9.17) is 4.98 Å². The van der Waals surface area contributed by atoms with Crippen LogP contribution < -0.4 is 5.32 Å². The van der Waals surface area contributed by atoms with Gasteiger partial charge in [0, 0.05) is 11.8 Å². The van der Waals surface area contributed by atoms with Crippen LogP contribution in [0, 0.1) is 0 Å². The van der Waals surface area contributed by atoms with Crippen molar-refractivity contribution in [3.63, 3.8) is 0 Å². The second kappa shape index (κ2) is 4.98. The second-order valence-corrected chi connectivity index (χ2v) is 5.79. The molecule has 0 radical (unpaired) electrons. The van der Waals surface area contributed by atoms with Crippen LogP contribution in [0.3, 0.4) is 0 Å². The highest BCUT2D eigenvalue weighted by atomic mass is 15.0. The van der Waals surface area contributed by atoms with Gasteiger partial charge in [-0.3, -0.25) is 0 Å². The summed E-state index contributed by atoms with van der Waals surface area (Å²) in [6, 6.07) is 9.15. The number of aromatic nitrogens is 2. The smallest absolute Gasteiger partial charge is 0.145 e. The molecule has 1 N–H and O–H groups in total. The summed E-state index contributed by atoms with van der Waals surface area (Å²) in [5.74, 6) is 0.945. The van der Waals surface area contributed by atoms with Gasteiger partial charge >= 0.3 is 0 Å². The maximum absolute atomic E-state index is 4.78. The lowest BCUT2D eigenvalue weighted by Gasteiger charge is -2.10. The number of aryl methyl sites for hydroxylation is 2. The molecule has 0 bridgehead atoms. The largest absolute Gasteiger partial charge is 0.307 e. The second-order valence-electron chi connectivity index (χ2n) is 5.79. The monoisotopic (exact) mass is 265 g/mol. The summed E-state index contributed by atoms with van der Waals surface area (Å²) in [7, 11) is 0. The molecule has 1 unspecified atom stereocenters. The van der Waals surface area contributed by atoms with E-state index in [9.17, 15) is 0 Å². The van der Waals surface area contributed by atoms with E-state index in [0.717, 1.165) is 24.5 Å². The number of hydrogen-bond acceptors (Lipinski definition) is 3. The van der Waals surface area contributed by atoms with E-state index in [1.807, 2.05) is 12.3 Å². The van der Waals surface area contributed by atoms with E-state index < -0.39 is 0 Å². The van der Waals surface area contributed by atoms with E-state index in [1.165, 1.54) is 42.4 Å². The lowest BCUT2D eigenvalue weighted by atomic mass is 10.0. The number of fused-ring (bicyclic) bond motifs is 1. The zero-order valence-electron chi connectivity index (χ0n) is 11.6. The first kappa shape index (κ1) is 12.0. The summed E-state index contributed by atoms with van der Waals surface area (Å²) in [5, 5.41) is 3.47. The van der Waals surface area contributed by atoms with Gasteiger partial charge < -0.3 is 5.32 Å². The fourth-order valence-corrected chi connectivity index (χ4v) is 3.34. The molecule has 2 heterocycles. The van der Waals surface area contributed by atoms with Crippen LogP contribution in [0.1, 0.15) is 42.3 Å². The van der Waals surface area contributed by atoms with E-state index in [1.54, 1.807) is 0 Å². The molecule has 102 valence electrons. The van der Waals surface area contributed by atoms with Gasteiger partial charge in [-0.1, -0.05) is 12.1 Å². The molecule has 4 rings (SSSR count). The summed E-state index contributed by atoms with van der Waals surface area (Å²) in [5.41, 5.74) is 5.30. The number of rotatable bonds is 2. The topological polar surface area (TPSA) is 37.8 Å². The summed E-state index contributed by atoms with van der Waals surface area (Å²) in [6.45, 7) is 1.08. The van der Waals surface area contributed by atoms with Crippen LogP contribution in [-0.4, -0.2) is 16.5 Å². The third-order valence-corrected chi connectivity index (χ3v) is 4.44. The molecule has 3 nitrogen and oxygen atoms in total. The molecule has 3 heteroatoms. The number of hydrogen-bond donors (Lipinski definition) is 1. The van der Waals surface area contributed by atoms with Gasteiger partial charge in [0.2, 0.25) is 0 Å². The van der Waals surface area contributed by atoms with Gasteiger partial charge in [-0.25, -0.2) is 9.97 Å². The van der Waals surface area contributed by atoms with Crippen molar-refractivity contribution in [2.75, 3.05) is 6.54 Å². The highest BCUT2D eigenvalue weighted by molar-refractivity contribution is 5.61. The normalized spacial score (nSPS) is 21.1. The van der Waals surface area contributed by atoms with Crippen LogP contribution in [0.15, 0.2) is 30.5 Å². The molecule has 1 aromatic carbocycles. The average molecular weight is 265 g/mol. The Morgan fingerprint density at radius 1 is 1.05 bits per heavy atom. The van der Waals surface area contributed by atoms with E-state index in [2.05, 4.69) is 28.5 Å². The number of benzene rings is 1. The molecule has 1 aliphatic heterocycles. The van der Waals surface area contributed by atoms with Crippen LogP contribution in [0.5, 0.6) is 0 Å². The summed E-state index contributed by atoms with van der Waals surface area (Å²) in [6.07, 6.45) is 8.00. The van der Waals surface area contributed by atoms with E-state index in [-0.39, 0.29) is 0 Å². The third kappa shape index (κ3) is 2.12. The molecule has 2 aromatic rings. The van der Waals surface area contributed by atoms with Crippen molar-refractivity contribution >= 4 is 0 Å². The summed E-state index contributed by atoms with van der Waals surface area (Å²) >= 11 is 0. The predicted octanol–water partition coefficient (Wildman–Crippen LogP) is 3.06. The van der Waals surface area contributed by atoms with Crippen molar-refractivity contribution < 1.29 is 0 Å². The summed E-state index contributed by atoms with van der Waals surface area (Å²) < 4.78 is 0. The quantitative estimate of drug-likeness (QED) is 0.907. The van der Waals surface area contributed by atoms with Gasteiger partial charge in [-0.05, 0) is 61.9 Å². The molecule has 1 atom stereocenters. The minimum atomic E-state index is 0.337. The van der Waals surface area contributed by atoms with E-state index >= 15 is 0 Å². The zero-order chi connectivity index (χ0) is 13.4. The Kier molecular flexibility index (Phi) is 3.00. The van der Waals surface area contributed by atoms with Crippen LogP contribution in [0.4, 0.5) is 0 Å². The van der Waals surface area contributed by atoms with Crippen molar-refractivity contribution in [1.82, 2.24) is 15.3 Å². The summed E-state index contributed by atoms with van der Waals surface area (Å²) in [4.78, 5) is 9.22. The minimum absolute atomic E-state index is 0.337. The van der Waals surface area contributed by atoms with Gasteiger partial charge in [0.25, 0.3) is 0 Å². The molecule has 0 saturated carbocycles. The third-order valence-electron chi connectivity index (χ3n) is 4.44. The zero-order valence-corrected chi connectivity index (χ0v) is 11.6. The van der Waals surface area contributed by atoms with Gasteiger partial charge in [0.15, 0.2) is 0 Å². The highest BCUT2D eigenvalue weighted by Gasteiger charge is 2.19. The van der Waals surface area contributed by atoms with Gasteiger partial charge in [-0.2, -0.15) is 0 Å². The van der Waals surface area contributed by atoms with Gasteiger partial charge in [0.05, 0.1) is 11.7 Å². The Hall–Kier alpha value is -1.74. The molecular weight excluding hydrogens is 246 g/mol. The van der Waals surface area contributed by atoms with Crippen molar-refractivity contribution in [3.8, 4) is 11.3 Å².